The van der Waals surface area contributed by atoms with Crippen molar-refractivity contribution in [3.05, 3.63) is 108 Å². The van der Waals surface area contributed by atoms with Gasteiger partial charge < -0.3 is 20.1 Å². The number of ether oxygens (including phenoxy) is 2. The molecule has 1 saturated heterocycles. The van der Waals surface area contributed by atoms with Crippen LogP contribution in [0.25, 0.3) is 10.8 Å². The minimum absolute atomic E-state index is 0.0205. The van der Waals surface area contributed by atoms with Crippen molar-refractivity contribution in [3.8, 4) is 11.6 Å². The Hall–Kier alpha value is -5.51. The number of carbonyl (C=O) groups excluding carboxylic acids is 4. The summed E-state index contributed by atoms with van der Waals surface area (Å²) >= 11 is 6.38. The van der Waals surface area contributed by atoms with Gasteiger partial charge in [0.05, 0.1) is 30.1 Å². The van der Waals surface area contributed by atoms with Crippen LogP contribution in [-0.4, -0.2) is 84.6 Å². The quantitative estimate of drug-likeness (QED) is 0.101. The number of pyridine rings is 1. The number of imide groups is 1. The topological polar surface area (TPSA) is 185 Å². The average molecular weight is 885 g/mol. The Morgan fingerprint density at radius 1 is 0.984 bits per heavy atom. The van der Waals surface area contributed by atoms with E-state index in [4.69, 9.17) is 21.1 Å². The lowest BCUT2D eigenvalue weighted by molar-refractivity contribution is -0.136. The maximum atomic E-state index is 14.5. The number of nitrogens with one attached hydrogen (secondary N) is 4. The number of halogens is 1. The Kier molecular flexibility index (Phi) is 12.2. The zero-order chi connectivity index (χ0) is 44.8. The van der Waals surface area contributed by atoms with Crippen LogP contribution in [-0.2, 0) is 29.9 Å². The number of anilines is 1. The van der Waals surface area contributed by atoms with E-state index in [0.717, 1.165) is 5.56 Å². The Balaban J connectivity index is 1.12. The van der Waals surface area contributed by atoms with Gasteiger partial charge in [0.25, 0.3) is 11.8 Å². The molecule has 3 aromatic carbocycles. The standard InChI is InChI=1S/C46H53ClN6O8S/c1-8-28-24-46(28,43(57)52-62(58,59)33-19-20-33)53-26-32(61-42-35-22-30(47)16-21-34(35)37(60-7)25-48-42)23-36(53)40(55)50-41(56)38(44(2,3)4)49-31-17-14-27(15-18-31)39(54)51-45(5,6)29-12-10-9-11-13-29/h8-18,21-22,25,28,32-33,36,38,49H,1,19-20,23-24,26H2,2-7H3,(H,51,54)(H,52,57)(H,50,55,56)/t28?,32-,36+,38-,46?/m1/s1. The van der Waals surface area contributed by atoms with Crippen molar-refractivity contribution in [1.82, 2.24) is 25.2 Å². The van der Waals surface area contributed by atoms with Crippen LogP contribution in [0.3, 0.4) is 0 Å². The van der Waals surface area contributed by atoms with Crippen molar-refractivity contribution < 1.29 is 37.1 Å². The number of nitrogens with zero attached hydrogens (tertiary/aromatic N) is 2. The molecule has 2 aliphatic carbocycles. The molecule has 2 saturated carbocycles. The van der Waals surface area contributed by atoms with Gasteiger partial charge in [0.1, 0.15) is 23.4 Å². The van der Waals surface area contributed by atoms with E-state index in [1.807, 2.05) is 65.0 Å². The molecule has 2 heterocycles. The lowest BCUT2D eigenvalue weighted by atomic mass is 9.85. The van der Waals surface area contributed by atoms with Crippen molar-refractivity contribution in [1.29, 1.82) is 0 Å². The first-order valence-corrected chi connectivity index (χ1v) is 22.5. The van der Waals surface area contributed by atoms with Gasteiger partial charge in [-0.15, -0.1) is 6.58 Å². The molecule has 5 atom stereocenters. The summed E-state index contributed by atoms with van der Waals surface area (Å²) in [5.41, 5.74) is -0.872. The number of methoxy groups -OCH3 is 1. The van der Waals surface area contributed by atoms with Crippen LogP contribution in [0.1, 0.15) is 76.2 Å². The summed E-state index contributed by atoms with van der Waals surface area (Å²) in [6, 6.07) is 19.5. The number of hydrogen-bond acceptors (Lipinski definition) is 11. The van der Waals surface area contributed by atoms with Gasteiger partial charge >= 0.3 is 0 Å². The fourth-order valence-corrected chi connectivity index (χ4v) is 9.76. The molecule has 16 heteroatoms. The van der Waals surface area contributed by atoms with Gasteiger partial charge in [0.2, 0.25) is 27.7 Å². The van der Waals surface area contributed by atoms with E-state index in [2.05, 4.69) is 32.2 Å². The molecular weight excluding hydrogens is 832 g/mol. The zero-order valence-corrected chi connectivity index (χ0v) is 37.2. The molecule has 7 rings (SSSR count). The molecule has 0 radical (unpaired) electrons. The Labute approximate surface area is 367 Å². The number of aromatic nitrogens is 1. The molecule has 4 N–H and O–H groups in total. The number of rotatable bonds is 15. The summed E-state index contributed by atoms with van der Waals surface area (Å²) in [7, 11) is -2.42. The highest BCUT2D eigenvalue weighted by atomic mass is 35.5. The van der Waals surface area contributed by atoms with E-state index in [1.54, 1.807) is 53.4 Å². The van der Waals surface area contributed by atoms with Crippen molar-refractivity contribution >= 4 is 61.7 Å². The van der Waals surface area contributed by atoms with Gasteiger partial charge in [-0.05, 0) is 86.6 Å². The van der Waals surface area contributed by atoms with Crippen LogP contribution in [0.2, 0.25) is 5.02 Å². The molecule has 14 nitrogen and oxygen atoms in total. The summed E-state index contributed by atoms with van der Waals surface area (Å²) in [5, 5.41) is 9.97. The highest BCUT2D eigenvalue weighted by Crippen LogP contribution is 2.53. The van der Waals surface area contributed by atoms with Crippen LogP contribution < -0.4 is 30.1 Å². The molecular formula is C46H53ClN6O8S. The van der Waals surface area contributed by atoms with E-state index in [1.165, 1.54) is 13.3 Å². The smallest absolute Gasteiger partial charge is 0.254 e. The highest BCUT2D eigenvalue weighted by Gasteiger charge is 2.67. The van der Waals surface area contributed by atoms with Crippen molar-refractivity contribution in [2.75, 3.05) is 19.0 Å². The predicted octanol–water partition coefficient (Wildman–Crippen LogP) is 6.11. The van der Waals surface area contributed by atoms with Crippen LogP contribution in [0, 0.1) is 11.3 Å². The lowest BCUT2D eigenvalue weighted by Gasteiger charge is -2.34. The molecule has 4 amide bonds. The first-order chi connectivity index (χ1) is 29.3. The molecule has 3 aliphatic rings. The predicted molar refractivity (Wildman–Crippen MR) is 237 cm³/mol. The normalized spacial score (nSPS) is 22.0. The van der Waals surface area contributed by atoms with E-state index in [9.17, 15) is 27.6 Å². The number of carbonyl (C=O) groups is 4. The second-order valence-corrected chi connectivity index (χ2v) is 20.3. The first kappa shape index (κ1) is 44.5. The number of amides is 4. The van der Waals surface area contributed by atoms with Crippen LogP contribution in [0.4, 0.5) is 5.69 Å². The lowest BCUT2D eigenvalue weighted by Crippen LogP contribution is -2.59. The summed E-state index contributed by atoms with van der Waals surface area (Å²) in [6.45, 7) is 13.3. The van der Waals surface area contributed by atoms with Crippen LogP contribution in [0.15, 0.2) is 91.6 Å². The summed E-state index contributed by atoms with van der Waals surface area (Å²) in [4.78, 5) is 62.2. The van der Waals surface area contributed by atoms with E-state index >= 15 is 0 Å². The Bertz CT molecular complexity index is 2510. The third kappa shape index (κ3) is 9.16. The Morgan fingerprint density at radius 3 is 2.29 bits per heavy atom. The molecule has 2 unspecified atom stereocenters. The number of sulfonamides is 1. The van der Waals surface area contributed by atoms with Gasteiger partial charge in [0, 0.05) is 45.9 Å². The highest BCUT2D eigenvalue weighted by molar-refractivity contribution is 7.91. The largest absolute Gasteiger partial charge is 0.494 e. The van der Waals surface area contributed by atoms with Crippen LogP contribution >= 0.6 is 11.6 Å². The second kappa shape index (κ2) is 17.0. The monoisotopic (exact) mass is 884 g/mol. The fraction of sp³-hybridized carbons (Fsp3) is 0.413. The number of fused-ring (bicyclic) bond motifs is 1. The molecule has 328 valence electrons. The fourth-order valence-electron chi connectivity index (χ4n) is 8.23. The first-order valence-electron chi connectivity index (χ1n) is 20.6. The maximum absolute atomic E-state index is 14.5. The summed E-state index contributed by atoms with van der Waals surface area (Å²) in [5.74, 6) is -2.10. The van der Waals surface area contributed by atoms with Crippen molar-refractivity contribution in [2.24, 2.45) is 11.3 Å². The number of benzene rings is 3. The van der Waals surface area contributed by atoms with Gasteiger partial charge in [-0.3, -0.25) is 34.1 Å². The molecule has 0 bridgehead atoms. The van der Waals surface area contributed by atoms with E-state index in [-0.39, 0.29) is 31.2 Å². The van der Waals surface area contributed by atoms with E-state index in [0.29, 0.717) is 45.6 Å². The minimum atomic E-state index is -3.94. The molecule has 4 aromatic rings. The molecule has 62 heavy (non-hydrogen) atoms. The van der Waals surface area contributed by atoms with Gasteiger partial charge in [-0.25, -0.2) is 13.4 Å². The molecule has 3 fully saturated rings. The molecule has 1 aliphatic heterocycles. The summed E-state index contributed by atoms with van der Waals surface area (Å²) in [6.07, 6.45) is 3.51. The number of hydrogen-bond donors (Lipinski definition) is 4. The van der Waals surface area contributed by atoms with Crippen molar-refractivity contribution in [3.63, 3.8) is 0 Å². The van der Waals surface area contributed by atoms with Gasteiger partial charge in [0.15, 0.2) is 0 Å². The van der Waals surface area contributed by atoms with E-state index < -0.39 is 73.6 Å². The average Bonchev–Trinajstić information content (AvgIpc) is 4.16. The van der Waals surface area contributed by atoms with Gasteiger partial charge in [-0.2, -0.15) is 0 Å². The Morgan fingerprint density at radius 2 is 1.68 bits per heavy atom. The third-order valence-electron chi connectivity index (χ3n) is 12.0. The molecule has 0 spiro atoms. The molecule has 1 aromatic heterocycles. The number of likely N-dealkylation sites (tertiary alicyclic amines) is 1. The SMILES string of the molecule is C=CC1CC1(C(=O)NS(=O)(=O)C1CC1)N1C[C@H](Oc2ncc(OC)c3ccc(Cl)cc23)C[C@H]1C(=O)NC(=O)[C@@H](Nc1ccc(C(=O)NC(C)(C)c2ccccc2)cc1)C(C)(C)C. The van der Waals surface area contributed by atoms with Crippen molar-refractivity contribution in [2.45, 2.75) is 94.8 Å². The van der Waals surface area contributed by atoms with Gasteiger partial charge in [-0.1, -0.05) is 68.8 Å². The maximum Gasteiger partial charge on any atom is 0.254 e. The second-order valence-electron chi connectivity index (χ2n) is 17.9. The van der Waals surface area contributed by atoms with Crippen LogP contribution in [0.5, 0.6) is 11.6 Å². The third-order valence-corrected chi connectivity index (χ3v) is 14.0. The summed E-state index contributed by atoms with van der Waals surface area (Å²) < 4.78 is 40.4. The minimum Gasteiger partial charge on any atom is -0.494 e. The zero-order valence-electron chi connectivity index (χ0n) is 35.7.